The number of hydrogen-bond acceptors (Lipinski definition) is 6. The summed E-state index contributed by atoms with van der Waals surface area (Å²) in [5, 5.41) is 13.3. The van der Waals surface area contributed by atoms with Crippen LogP contribution >= 0.6 is 48.8 Å². The van der Waals surface area contributed by atoms with E-state index in [-0.39, 0.29) is 79.0 Å². The van der Waals surface area contributed by atoms with E-state index in [1.165, 1.54) is 4.57 Å². The van der Waals surface area contributed by atoms with Gasteiger partial charge in [-0.3, -0.25) is 24.6 Å². The van der Waals surface area contributed by atoms with Gasteiger partial charge in [-0.25, -0.2) is 4.98 Å². The summed E-state index contributed by atoms with van der Waals surface area (Å²) in [6.07, 6.45) is 0.556. The molecule has 1 amide bonds. The van der Waals surface area contributed by atoms with Gasteiger partial charge < -0.3 is 27.8 Å². The Bertz CT molecular complexity index is 1310. The number of halogens is 4. The summed E-state index contributed by atoms with van der Waals surface area (Å²) in [5.74, 6) is -0.400. The van der Waals surface area contributed by atoms with Gasteiger partial charge in [0.2, 0.25) is 5.91 Å². The van der Waals surface area contributed by atoms with E-state index in [1.807, 2.05) is 6.07 Å². The molecular formula is C24H31Cl4N9O2. The normalized spacial score (nSPS) is 9.67. The van der Waals surface area contributed by atoms with Crippen LogP contribution in [0.25, 0.3) is 11.3 Å². The van der Waals surface area contributed by atoms with E-state index in [1.54, 1.807) is 48.5 Å². The molecule has 39 heavy (non-hydrogen) atoms. The van der Waals surface area contributed by atoms with Crippen molar-refractivity contribution in [3.05, 3.63) is 81.2 Å². The number of carbonyl (C=O) groups is 1. The first-order valence-corrected chi connectivity index (χ1v) is 11.5. The third kappa shape index (κ3) is 10.3. The van der Waals surface area contributed by atoms with Crippen molar-refractivity contribution in [3.8, 4) is 11.3 Å². The summed E-state index contributed by atoms with van der Waals surface area (Å²) in [6.45, 7) is 0.734. The predicted molar refractivity (Wildman–Crippen MR) is 164 cm³/mol. The number of nitrogens with two attached hydrogens (primary N) is 3. The van der Waals surface area contributed by atoms with Gasteiger partial charge in [-0.05, 0) is 12.0 Å². The van der Waals surface area contributed by atoms with Crippen molar-refractivity contribution in [2.45, 2.75) is 19.5 Å². The fourth-order valence-electron chi connectivity index (χ4n) is 3.37. The first-order chi connectivity index (χ1) is 17.3. The molecule has 0 aliphatic rings. The van der Waals surface area contributed by atoms with E-state index >= 15 is 0 Å². The number of rotatable bonds is 11. The van der Waals surface area contributed by atoms with Gasteiger partial charge >= 0.3 is 0 Å². The highest BCUT2D eigenvalue weighted by atomic mass is 35.5. The second kappa shape index (κ2) is 17.2. The summed E-state index contributed by atoms with van der Waals surface area (Å²) < 4.78 is 1.30. The molecule has 0 radical (unpaired) electrons. The molecule has 0 spiro atoms. The lowest BCUT2D eigenvalue weighted by Crippen LogP contribution is -2.34. The number of amides is 1. The minimum Gasteiger partial charge on any atom is -0.384 e. The van der Waals surface area contributed by atoms with E-state index in [0.717, 1.165) is 5.56 Å². The minimum absolute atomic E-state index is 0. The number of nitrogens with one attached hydrogen (secondary N) is 3. The topological polar surface area (TPSA) is 190 Å². The smallest absolute Gasteiger partial charge is 0.294 e. The fraction of sp³-hybridized carbons (Fsp3) is 0.208. The summed E-state index contributed by atoms with van der Waals surface area (Å²) >= 11 is 6.49. The molecule has 0 atom stereocenters. The van der Waals surface area contributed by atoms with Crippen molar-refractivity contribution in [3.63, 3.8) is 0 Å². The number of aliphatic imine (C=N–C) groups is 1. The first kappa shape index (κ1) is 35.5. The van der Waals surface area contributed by atoms with Crippen molar-refractivity contribution in [1.29, 1.82) is 5.41 Å². The van der Waals surface area contributed by atoms with Crippen molar-refractivity contribution >= 4 is 72.3 Å². The Kier molecular flexibility index (Phi) is 15.6. The van der Waals surface area contributed by atoms with Crippen LogP contribution in [0, 0.1) is 5.41 Å². The fourth-order valence-corrected chi connectivity index (χ4v) is 3.67. The number of benzene rings is 2. The lowest BCUT2D eigenvalue weighted by Gasteiger charge is -2.16. The van der Waals surface area contributed by atoms with Gasteiger partial charge in [0.1, 0.15) is 12.4 Å². The average Bonchev–Trinajstić information content (AvgIpc) is 2.86. The molecule has 212 valence electrons. The zero-order valence-corrected chi connectivity index (χ0v) is 23.9. The van der Waals surface area contributed by atoms with E-state index in [2.05, 4.69) is 20.6 Å². The number of nitrogen functional groups attached to an aromatic ring is 1. The minimum atomic E-state index is -0.485. The Morgan fingerprint density at radius 3 is 2.26 bits per heavy atom. The number of aromatic nitrogens is 2. The largest absolute Gasteiger partial charge is 0.384 e. The summed E-state index contributed by atoms with van der Waals surface area (Å²) in [4.78, 5) is 34.3. The predicted octanol–water partition coefficient (Wildman–Crippen LogP) is 2.50. The van der Waals surface area contributed by atoms with Crippen LogP contribution < -0.4 is 33.4 Å². The van der Waals surface area contributed by atoms with E-state index in [9.17, 15) is 9.59 Å². The van der Waals surface area contributed by atoms with E-state index < -0.39 is 5.56 Å². The van der Waals surface area contributed by atoms with Gasteiger partial charge in [0.15, 0.2) is 16.9 Å². The molecule has 0 bridgehead atoms. The van der Waals surface area contributed by atoms with Gasteiger partial charge in [-0.2, -0.15) is 0 Å². The maximum absolute atomic E-state index is 13.3. The van der Waals surface area contributed by atoms with Crippen LogP contribution in [-0.2, 0) is 17.9 Å². The maximum atomic E-state index is 13.3. The van der Waals surface area contributed by atoms with Crippen LogP contribution in [0.5, 0.6) is 0 Å². The summed E-state index contributed by atoms with van der Waals surface area (Å²) in [7, 11) is 0. The average molecular weight is 619 g/mol. The van der Waals surface area contributed by atoms with Crippen molar-refractivity contribution < 1.29 is 4.79 Å². The molecular weight excluding hydrogens is 588 g/mol. The van der Waals surface area contributed by atoms with Crippen LogP contribution in [0.4, 0.5) is 5.82 Å². The van der Waals surface area contributed by atoms with Gasteiger partial charge in [0, 0.05) is 30.8 Å². The highest BCUT2D eigenvalue weighted by molar-refractivity contribution is 6.32. The Morgan fingerprint density at radius 2 is 1.67 bits per heavy atom. The zero-order chi connectivity index (χ0) is 26.1. The first-order valence-electron chi connectivity index (χ1n) is 11.1. The number of hydrogen-bond donors (Lipinski definition) is 6. The molecule has 0 aliphatic carbocycles. The molecule has 0 unspecified atom stereocenters. The van der Waals surface area contributed by atoms with Gasteiger partial charge in [-0.15, -0.1) is 37.2 Å². The van der Waals surface area contributed by atoms with Crippen molar-refractivity contribution in [1.82, 2.24) is 14.9 Å². The van der Waals surface area contributed by atoms with E-state index in [0.29, 0.717) is 36.3 Å². The SMILES string of the molecule is Cl.Cl.Cl.N=C(N)c1ccc(CNC(=O)Cn2c(-c3ccccc3)c(Cl)nc(NCCCN=C(N)N)c2=O)cc1. The Morgan fingerprint density at radius 1 is 1.03 bits per heavy atom. The molecule has 0 saturated carbocycles. The summed E-state index contributed by atoms with van der Waals surface area (Å²) in [6, 6.07) is 16.0. The van der Waals surface area contributed by atoms with Gasteiger partial charge in [0.05, 0.1) is 5.69 Å². The third-order valence-electron chi connectivity index (χ3n) is 5.15. The second-order valence-corrected chi connectivity index (χ2v) is 8.19. The number of carbonyl (C=O) groups excluding carboxylic acids is 1. The highest BCUT2D eigenvalue weighted by Crippen LogP contribution is 2.26. The van der Waals surface area contributed by atoms with Crippen molar-refractivity contribution in [2.24, 2.45) is 22.2 Å². The quantitative estimate of drug-likeness (QED) is 0.108. The Labute approximate surface area is 249 Å². The Hall–Kier alpha value is -3.51. The van der Waals surface area contributed by atoms with Crippen LogP contribution in [0.2, 0.25) is 5.15 Å². The molecule has 1 aromatic heterocycles. The van der Waals surface area contributed by atoms with Crippen LogP contribution in [0.1, 0.15) is 17.5 Å². The van der Waals surface area contributed by atoms with E-state index in [4.69, 9.17) is 34.2 Å². The maximum Gasteiger partial charge on any atom is 0.294 e. The van der Waals surface area contributed by atoms with Crippen LogP contribution in [0.15, 0.2) is 64.4 Å². The lowest BCUT2D eigenvalue weighted by molar-refractivity contribution is -0.121. The molecule has 15 heteroatoms. The monoisotopic (exact) mass is 617 g/mol. The molecule has 3 aromatic rings. The van der Waals surface area contributed by atoms with Gasteiger partial charge in [-0.1, -0.05) is 66.2 Å². The zero-order valence-electron chi connectivity index (χ0n) is 20.7. The second-order valence-electron chi connectivity index (χ2n) is 7.83. The van der Waals surface area contributed by atoms with Crippen LogP contribution in [0.3, 0.4) is 0 Å². The molecule has 2 aromatic carbocycles. The molecule has 3 rings (SSSR count). The highest BCUT2D eigenvalue weighted by Gasteiger charge is 2.19. The number of anilines is 1. The summed E-state index contributed by atoms with van der Waals surface area (Å²) in [5.41, 5.74) is 18.0. The Balaban J connectivity index is 0.00000481. The van der Waals surface area contributed by atoms with Crippen LogP contribution in [-0.4, -0.2) is 40.3 Å². The molecule has 0 fully saturated rings. The number of amidine groups is 1. The number of guanidine groups is 1. The third-order valence-corrected chi connectivity index (χ3v) is 5.41. The standard InChI is InChI=1S/C24H28ClN9O2.3ClH/c25-20-19(16-5-2-1-3-6-16)34(23(36)22(33-20)30-11-4-12-31-24(28)29)14-18(35)32-13-15-7-9-17(10-8-15)21(26)27;;;/h1-3,5-10H,4,11-14H2,(H3,26,27)(H,30,33)(H,32,35)(H4,28,29,31);3*1H. The molecule has 9 N–H and O–H groups in total. The lowest BCUT2D eigenvalue weighted by atomic mass is 10.1. The molecule has 11 nitrogen and oxygen atoms in total. The molecule has 1 heterocycles. The molecule has 0 aliphatic heterocycles. The molecule has 0 saturated heterocycles. The van der Waals surface area contributed by atoms with Crippen molar-refractivity contribution in [2.75, 3.05) is 18.4 Å². The number of nitrogens with zero attached hydrogens (tertiary/aromatic N) is 3. The van der Waals surface area contributed by atoms with Gasteiger partial charge in [0.25, 0.3) is 5.56 Å².